The Labute approximate surface area is 71.3 Å². The zero-order valence-corrected chi connectivity index (χ0v) is 7.50. The summed E-state index contributed by atoms with van der Waals surface area (Å²) >= 11 is 0. The van der Waals surface area contributed by atoms with E-state index >= 15 is 0 Å². The third kappa shape index (κ3) is 3.27. The van der Waals surface area contributed by atoms with Crippen molar-refractivity contribution in [3.05, 3.63) is 0 Å². The molecule has 0 aromatic heterocycles. The van der Waals surface area contributed by atoms with Gasteiger partial charge in [0.1, 0.15) is 5.71 Å². The number of nitrogens with zero attached hydrogens (tertiary/aromatic N) is 1. The molecule has 0 aliphatic heterocycles. The Bertz CT molecular complexity index is 218. The van der Waals surface area contributed by atoms with Gasteiger partial charge >= 0.3 is 5.97 Å². The highest BCUT2D eigenvalue weighted by molar-refractivity contribution is 6.37. The van der Waals surface area contributed by atoms with E-state index in [4.69, 9.17) is 5.11 Å². The van der Waals surface area contributed by atoms with Gasteiger partial charge < -0.3 is 5.11 Å². The largest absolute Gasteiger partial charge is 0.477 e. The van der Waals surface area contributed by atoms with Crippen molar-refractivity contribution in [2.24, 2.45) is 10.9 Å². The molecule has 0 aromatic rings. The Morgan fingerprint density at radius 3 is 2.17 bits per heavy atom. The van der Waals surface area contributed by atoms with Gasteiger partial charge in [-0.1, -0.05) is 20.8 Å². The first-order valence-electron chi connectivity index (χ1n) is 3.83. The molecule has 0 saturated heterocycles. The third-order valence-electron chi connectivity index (χ3n) is 1.31. The number of carbonyl (C=O) groups is 2. The van der Waals surface area contributed by atoms with Gasteiger partial charge in [0, 0.05) is 12.3 Å². The van der Waals surface area contributed by atoms with Crippen molar-refractivity contribution in [2.45, 2.75) is 27.2 Å². The molecule has 0 atom stereocenters. The summed E-state index contributed by atoms with van der Waals surface area (Å²) in [6, 6.07) is 0. The second kappa shape index (κ2) is 4.64. The summed E-state index contributed by atoms with van der Waals surface area (Å²) in [7, 11) is 0. The second-order valence-electron chi connectivity index (χ2n) is 2.70. The van der Waals surface area contributed by atoms with Crippen LogP contribution in [-0.2, 0) is 9.59 Å². The normalized spacial score (nSPS) is 11.8. The highest BCUT2D eigenvalue weighted by Gasteiger charge is 2.14. The molecule has 0 spiro atoms. The molecule has 68 valence electrons. The van der Waals surface area contributed by atoms with Crippen molar-refractivity contribution < 1.29 is 14.7 Å². The van der Waals surface area contributed by atoms with E-state index in [2.05, 4.69) is 4.99 Å². The minimum Gasteiger partial charge on any atom is -0.477 e. The maximum absolute atomic E-state index is 10.8. The Kier molecular flexibility index (Phi) is 4.18. The van der Waals surface area contributed by atoms with E-state index < -0.39 is 5.97 Å². The lowest BCUT2D eigenvalue weighted by Crippen LogP contribution is -2.20. The average Bonchev–Trinajstić information content (AvgIpc) is 1.98. The summed E-state index contributed by atoms with van der Waals surface area (Å²) in [5.41, 5.74) is -0.0677. The second-order valence-corrected chi connectivity index (χ2v) is 2.70. The van der Waals surface area contributed by atoms with E-state index in [1.165, 1.54) is 0 Å². The van der Waals surface area contributed by atoms with Gasteiger partial charge in [0.25, 0.3) is 0 Å². The average molecular weight is 171 g/mol. The van der Waals surface area contributed by atoms with Gasteiger partial charge in [0.15, 0.2) is 0 Å². The minimum atomic E-state index is -1.12. The molecule has 4 heteroatoms. The summed E-state index contributed by atoms with van der Waals surface area (Å²) in [5.74, 6) is -1.73. The topological polar surface area (TPSA) is 66.7 Å². The fourth-order valence-corrected chi connectivity index (χ4v) is 0.637. The molecule has 1 amide bonds. The van der Waals surface area contributed by atoms with Gasteiger partial charge in [-0.2, -0.15) is 0 Å². The molecule has 0 unspecified atom stereocenters. The fraction of sp³-hybridized carbons (Fsp3) is 0.625. The molecule has 0 aromatic carbocycles. The van der Waals surface area contributed by atoms with Gasteiger partial charge in [-0.3, -0.25) is 4.79 Å². The summed E-state index contributed by atoms with van der Waals surface area (Å²) in [6.45, 7) is 5.03. The monoisotopic (exact) mass is 171 g/mol. The lowest BCUT2D eigenvalue weighted by atomic mass is 10.1. The molecule has 1 N–H and O–H groups in total. The summed E-state index contributed by atoms with van der Waals surface area (Å²) in [5, 5.41) is 8.61. The van der Waals surface area contributed by atoms with Crippen molar-refractivity contribution in [2.75, 3.05) is 0 Å². The van der Waals surface area contributed by atoms with Crippen LogP contribution in [0.3, 0.4) is 0 Å². The Morgan fingerprint density at radius 1 is 1.42 bits per heavy atom. The number of carboxylic acids is 1. The molecule has 0 bridgehead atoms. The first kappa shape index (κ1) is 10.8. The molecule has 0 saturated carbocycles. The molecular weight excluding hydrogens is 158 g/mol. The predicted octanol–water partition coefficient (Wildman–Crippen LogP) is 1.10. The zero-order valence-electron chi connectivity index (χ0n) is 7.50. The van der Waals surface area contributed by atoms with E-state index in [0.717, 1.165) is 0 Å². The Morgan fingerprint density at radius 2 is 1.92 bits per heavy atom. The molecule has 12 heavy (non-hydrogen) atoms. The van der Waals surface area contributed by atoms with Gasteiger partial charge in [0.2, 0.25) is 5.91 Å². The van der Waals surface area contributed by atoms with Crippen LogP contribution in [0.1, 0.15) is 27.2 Å². The van der Waals surface area contributed by atoms with E-state index in [-0.39, 0.29) is 24.0 Å². The SMILES string of the molecule is CCC(=O)N=C(C(=O)O)C(C)C. The maximum atomic E-state index is 10.8. The number of amides is 1. The smallest absolute Gasteiger partial charge is 0.350 e. The van der Waals surface area contributed by atoms with E-state index in [0.29, 0.717) is 0 Å². The number of aliphatic carboxylic acids is 1. The van der Waals surface area contributed by atoms with Gasteiger partial charge in [-0.05, 0) is 0 Å². The van der Waals surface area contributed by atoms with Crippen LogP contribution in [0.5, 0.6) is 0 Å². The highest BCUT2D eigenvalue weighted by Crippen LogP contribution is 1.99. The molecule has 0 heterocycles. The van der Waals surface area contributed by atoms with Crippen LogP contribution in [0.25, 0.3) is 0 Å². The number of aliphatic imine (C=N–C) groups is 1. The van der Waals surface area contributed by atoms with Gasteiger partial charge in [-0.25, -0.2) is 9.79 Å². The zero-order chi connectivity index (χ0) is 9.72. The molecule has 0 radical (unpaired) electrons. The Balaban J connectivity index is 4.61. The third-order valence-corrected chi connectivity index (χ3v) is 1.31. The van der Waals surface area contributed by atoms with Crippen LogP contribution in [0.2, 0.25) is 0 Å². The first-order chi connectivity index (χ1) is 5.49. The molecule has 4 nitrogen and oxygen atoms in total. The van der Waals surface area contributed by atoms with Crippen LogP contribution >= 0.6 is 0 Å². The number of carboxylic acid groups (broad SMARTS) is 1. The fourth-order valence-electron chi connectivity index (χ4n) is 0.637. The number of hydrogen-bond donors (Lipinski definition) is 1. The number of hydrogen-bond acceptors (Lipinski definition) is 2. The van der Waals surface area contributed by atoms with Crippen molar-refractivity contribution in [3.8, 4) is 0 Å². The Hall–Kier alpha value is -1.19. The summed E-state index contributed by atoms with van der Waals surface area (Å²) < 4.78 is 0. The lowest BCUT2D eigenvalue weighted by molar-refractivity contribution is -0.130. The standard InChI is InChI=1S/C8H13NO3/c1-4-6(10)9-7(5(2)3)8(11)12/h5H,4H2,1-3H3,(H,11,12). The molecule has 0 aliphatic carbocycles. The number of rotatable bonds is 3. The van der Waals surface area contributed by atoms with Crippen LogP contribution in [-0.4, -0.2) is 22.7 Å². The molecular formula is C8H13NO3. The van der Waals surface area contributed by atoms with Crippen LogP contribution in [0.15, 0.2) is 4.99 Å². The van der Waals surface area contributed by atoms with Crippen LogP contribution in [0.4, 0.5) is 0 Å². The predicted molar refractivity (Wildman–Crippen MR) is 45.2 cm³/mol. The van der Waals surface area contributed by atoms with Crippen molar-refractivity contribution >= 4 is 17.6 Å². The van der Waals surface area contributed by atoms with Gasteiger partial charge in [0.05, 0.1) is 0 Å². The van der Waals surface area contributed by atoms with Gasteiger partial charge in [-0.15, -0.1) is 0 Å². The lowest BCUT2D eigenvalue weighted by Gasteiger charge is -2.02. The first-order valence-corrected chi connectivity index (χ1v) is 3.83. The van der Waals surface area contributed by atoms with E-state index in [1.807, 2.05) is 0 Å². The molecule has 0 fully saturated rings. The quantitative estimate of drug-likeness (QED) is 0.646. The summed E-state index contributed by atoms with van der Waals surface area (Å²) in [6.07, 6.45) is 0.240. The minimum absolute atomic E-state index is 0.0677. The van der Waals surface area contributed by atoms with E-state index in [9.17, 15) is 9.59 Å². The molecule has 0 rings (SSSR count). The summed E-state index contributed by atoms with van der Waals surface area (Å²) in [4.78, 5) is 24.8. The van der Waals surface area contributed by atoms with Crippen molar-refractivity contribution in [3.63, 3.8) is 0 Å². The van der Waals surface area contributed by atoms with Crippen molar-refractivity contribution in [1.29, 1.82) is 0 Å². The van der Waals surface area contributed by atoms with Crippen LogP contribution < -0.4 is 0 Å². The molecule has 0 aliphatic rings. The van der Waals surface area contributed by atoms with Crippen LogP contribution in [0, 0.1) is 5.92 Å². The van der Waals surface area contributed by atoms with E-state index in [1.54, 1.807) is 20.8 Å². The highest BCUT2D eigenvalue weighted by atomic mass is 16.4. The number of carbonyl (C=O) groups excluding carboxylic acids is 1. The van der Waals surface area contributed by atoms with Crippen molar-refractivity contribution in [1.82, 2.24) is 0 Å². The maximum Gasteiger partial charge on any atom is 0.350 e.